The monoisotopic (exact) mass is 405 g/mol. The SMILES string of the molecule is Cc1cccc(C2c3[nH]c4ccccc4c3CC[NH+]2Cc2ccc3ncccc3c2)n1. The average molecular weight is 406 g/mol. The molecule has 4 heterocycles. The Hall–Kier alpha value is -3.50. The van der Waals surface area contributed by atoms with Crippen molar-refractivity contribution < 1.29 is 4.90 Å². The van der Waals surface area contributed by atoms with Crippen LogP contribution in [0.1, 0.15) is 34.3 Å². The van der Waals surface area contributed by atoms with Crippen LogP contribution in [0, 0.1) is 6.92 Å². The molecule has 0 amide bonds. The smallest absolute Gasteiger partial charge is 0.171 e. The van der Waals surface area contributed by atoms with Gasteiger partial charge in [-0.05, 0) is 48.9 Å². The Morgan fingerprint density at radius 2 is 1.94 bits per heavy atom. The zero-order valence-corrected chi connectivity index (χ0v) is 17.6. The van der Waals surface area contributed by atoms with Gasteiger partial charge in [0.1, 0.15) is 12.2 Å². The van der Waals surface area contributed by atoms with Crippen LogP contribution >= 0.6 is 0 Å². The van der Waals surface area contributed by atoms with E-state index in [1.807, 2.05) is 12.3 Å². The van der Waals surface area contributed by atoms with E-state index >= 15 is 0 Å². The van der Waals surface area contributed by atoms with Crippen molar-refractivity contribution >= 4 is 21.8 Å². The highest BCUT2D eigenvalue weighted by atomic mass is 15.2. The number of hydrogen-bond acceptors (Lipinski definition) is 2. The number of hydrogen-bond donors (Lipinski definition) is 2. The Morgan fingerprint density at radius 1 is 1.00 bits per heavy atom. The second-order valence-corrected chi connectivity index (χ2v) is 8.57. The number of aromatic amines is 1. The molecule has 31 heavy (non-hydrogen) atoms. The molecule has 6 rings (SSSR count). The van der Waals surface area contributed by atoms with Crippen molar-refractivity contribution in [2.24, 2.45) is 0 Å². The maximum absolute atomic E-state index is 4.96. The zero-order chi connectivity index (χ0) is 20.8. The van der Waals surface area contributed by atoms with Gasteiger partial charge in [0, 0.05) is 40.2 Å². The topological polar surface area (TPSA) is 46.0 Å². The highest BCUT2D eigenvalue weighted by Gasteiger charge is 2.36. The number of nitrogens with zero attached hydrogens (tertiary/aromatic N) is 2. The van der Waals surface area contributed by atoms with Gasteiger partial charge in [-0.25, -0.2) is 0 Å². The molecule has 0 fully saturated rings. The number of aryl methyl sites for hydroxylation is 1. The Morgan fingerprint density at radius 3 is 2.87 bits per heavy atom. The molecule has 0 bridgehead atoms. The number of para-hydroxylation sites is 1. The fourth-order valence-electron chi connectivity index (χ4n) is 5.14. The maximum atomic E-state index is 4.96. The molecular weight excluding hydrogens is 380 g/mol. The highest BCUT2D eigenvalue weighted by Crippen LogP contribution is 2.31. The molecule has 2 unspecified atom stereocenters. The lowest BCUT2D eigenvalue weighted by Crippen LogP contribution is -3.12. The summed E-state index contributed by atoms with van der Waals surface area (Å²) in [5.41, 5.74) is 8.60. The largest absolute Gasteiger partial charge is 0.353 e. The summed E-state index contributed by atoms with van der Waals surface area (Å²) in [5, 5.41) is 2.55. The number of benzene rings is 2. The first kappa shape index (κ1) is 18.3. The van der Waals surface area contributed by atoms with Gasteiger partial charge in [0.05, 0.1) is 17.8 Å². The molecule has 0 radical (unpaired) electrons. The van der Waals surface area contributed by atoms with Crippen molar-refractivity contribution in [2.45, 2.75) is 25.9 Å². The van der Waals surface area contributed by atoms with Crippen LogP contribution in [-0.2, 0) is 13.0 Å². The molecule has 3 aromatic heterocycles. The Kier molecular flexibility index (Phi) is 4.32. The molecule has 0 saturated heterocycles. The number of quaternary nitrogens is 1. The molecule has 2 aromatic carbocycles. The molecule has 2 N–H and O–H groups in total. The molecule has 2 atom stereocenters. The summed E-state index contributed by atoms with van der Waals surface area (Å²) in [6, 6.07) is 26.1. The van der Waals surface area contributed by atoms with Crippen LogP contribution in [0.2, 0.25) is 0 Å². The van der Waals surface area contributed by atoms with E-state index < -0.39 is 0 Å². The minimum atomic E-state index is 0.195. The van der Waals surface area contributed by atoms with Crippen molar-refractivity contribution in [1.82, 2.24) is 15.0 Å². The summed E-state index contributed by atoms with van der Waals surface area (Å²) in [4.78, 5) is 14.7. The van der Waals surface area contributed by atoms with E-state index in [1.165, 1.54) is 38.0 Å². The third kappa shape index (κ3) is 3.20. The van der Waals surface area contributed by atoms with Crippen LogP contribution in [0.5, 0.6) is 0 Å². The van der Waals surface area contributed by atoms with Gasteiger partial charge in [-0.15, -0.1) is 0 Å². The summed E-state index contributed by atoms with van der Waals surface area (Å²) in [5.74, 6) is 0. The van der Waals surface area contributed by atoms with Gasteiger partial charge < -0.3 is 9.88 Å². The third-order valence-corrected chi connectivity index (χ3v) is 6.54. The second-order valence-electron chi connectivity index (χ2n) is 8.57. The fraction of sp³-hybridized carbons (Fsp3) is 0.185. The van der Waals surface area contributed by atoms with E-state index in [-0.39, 0.29) is 6.04 Å². The predicted molar refractivity (Wildman–Crippen MR) is 124 cm³/mol. The van der Waals surface area contributed by atoms with E-state index in [9.17, 15) is 0 Å². The van der Waals surface area contributed by atoms with Crippen LogP contribution in [0.15, 0.2) is 79.0 Å². The molecule has 1 aliphatic rings. The Balaban J connectivity index is 1.45. The fourth-order valence-corrected chi connectivity index (χ4v) is 5.14. The minimum absolute atomic E-state index is 0.195. The summed E-state index contributed by atoms with van der Waals surface area (Å²) < 4.78 is 0. The van der Waals surface area contributed by atoms with E-state index in [1.54, 1.807) is 0 Å². The maximum Gasteiger partial charge on any atom is 0.171 e. The summed E-state index contributed by atoms with van der Waals surface area (Å²) in [7, 11) is 0. The van der Waals surface area contributed by atoms with Crippen LogP contribution in [0.25, 0.3) is 21.8 Å². The second kappa shape index (κ2) is 7.33. The highest BCUT2D eigenvalue weighted by molar-refractivity contribution is 5.85. The van der Waals surface area contributed by atoms with Gasteiger partial charge >= 0.3 is 0 Å². The molecule has 0 spiro atoms. The first-order chi connectivity index (χ1) is 15.3. The molecule has 4 nitrogen and oxygen atoms in total. The van der Waals surface area contributed by atoms with E-state index in [0.717, 1.165) is 36.4 Å². The Labute approximate surface area is 181 Å². The van der Waals surface area contributed by atoms with Crippen molar-refractivity contribution in [3.63, 3.8) is 0 Å². The van der Waals surface area contributed by atoms with Gasteiger partial charge in [0.15, 0.2) is 6.04 Å². The lowest BCUT2D eigenvalue weighted by atomic mass is 9.94. The molecule has 1 aliphatic heterocycles. The number of fused-ring (bicyclic) bond motifs is 4. The summed E-state index contributed by atoms with van der Waals surface area (Å²) in [6.45, 7) is 4.12. The number of aromatic nitrogens is 3. The van der Waals surface area contributed by atoms with Crippen LogP contribution in [-0.4, -0.2) is 21.5 Å². The number of rotatable bonds is 3. The molecule has 0 aliphatic carbocycles. The Bertz CT molecular complexity index is 1400. The van der Waals surface area contributed by atoms with Gasteiger partial charge in [-0.2, -0.15) is 0 Å². The van der Waals surface area contributed by atoms with Crippen LogP contribution < -0.4 is 4.90 Å². The summed E-state index contributed by atoms with van der Waals surface area (Å²) >= 11 is 0. The van der Waals surface area contributed by atoms with E-state index in [0.29, 0.717) is 0 Å². The van der Waals surface area contributed by atoms with Crippen LogP contribution in [0.4, 0.5) is 0 Å². The van der Waals surface area contributed by atoms with Gasteiger partial charge in [0.25, 0.3) is 0 Å². The van der Waals surface area contributed by atoms with Crippen molar-refractivity contribution in [1.29, 1.82) is 0 Å². The molecular formula is C27H25N4+. The van der Waals surface area contributed by atoms with Crippen molar-refractivity contribution in [2.75, 3.05) is 6.54 Å². The molecule has 4 heteroatoms. The number of H-pyrrole nitrogens is 1. The lowest BCUT2D eigenvalue weighted by Gasteiger charge is -2.32. The number of nitrogens with one attached hydrogen (secondary N) is 2. The van der Waals surface area contributed by atoms with Crippen LogP contribution in [0.3, 0.4) is 0 Å². The first-order valence-corrected chi connectivity index (χ1v) is 11.0. The third-order valence-electron chi connectivity index (χ3n) is 6.54. The minimum Gasteiger partial charge on any atom is -0.353 e. The zero-order valence-electron chi connectivity index (χ0n) is 17.6. The standard InChI is InChI=1S/C27H24N4/c1-18-6-4-10-25(29-18)27-26-22(21-8-2-3-9-24(21)30-26)13-15-31(27)17-19-11-12-23-20(16-19)7-5-14-28-23/h2-12,14,16,27,30H,13,15,17H2,1H3/p+1. The van der Waals surface area contributed by atoms with Gasteiger partial charge in [-0.3, -0.25) is 9.97 Å². The predicted octanol–water partition coefficient (Wildman–Crippen LogP) is 4.15. The quantitative estimate of drug-likeness (QED) is 0.474. The molecule has 5 aromatic rings. The molecule has 152 valence electrons. The number of pyridine rings is 2. The van der Waals surface area contributed by atoms with Crippen molar-refractivity contribution in [3.8, 4) is 0 Å². The lowest BCUT2D eigenvalue weighted by molar-refractivity contribution is -0.941. The molecule has 0 saturated carbocycles. The van der Waals surface area contributed by atoms with E-state index in [4.69, 9.17) is 4.98 Å². The first-order valence-electron chi connectivity index (χ1n) is 11.0. The summed E-state index contributed by atoms with van der Waals surface area (Å²) in [6.07, 6.45) is 2.93. The normalized spacial score (nSPS) is 18.4. The van der Waals surface area contributed by atoms with E-state index in [2.05, 4.69) is 83.6 Å². The van der Waals surface area contributed by atoms with Gasteiger partial charge in [0.2, 0.25) is 0 Å². The average Bonchev–Trinajstić information content (AvgIpc) is 3.17. The van der Waals surface area contributed by atoms with Crippen molar-refractivity contribution in [3.05, 3.63) is 107 Å². The van der Waals surface area contributed by atoms with Gasteiger partial charge in [-0.1, -0.05) is 36.4 Å².